The van der Waals surface area contributed by atoms with Crippen molar-refractivity contribution in [1.82, 2.24) is 10.2 Å². The molecule has 5 heteroatoms. The van der Waals surface area contributed by atoms with Gasteiger partial charge in [-0.2, -0.15) is 5.26 Å². The van der Waals surface area contributed by atoms with Crippen LogP contribution in [0.4, 0.5) is 5.69 Å². The summed E-state index contributed by atoms with van der Waals surface area (Å²) in [4.78, 5) is 4.97. The third-order valence-electron chi connectivity index (χ3n) is 6.78. The van der Waals surface area contributed by atoms with E-state index in [1.54, 1.807) is 7.11 Å². The predicted octanol–water partition coefficient (Wildman–Crippen LogP) is 4.33. The molecule has 1 unspecified atom stereocenters. The van der Waals surface area contributed by atoms with Crippen molar-refractivity contribution < 1.29 is 4.74 Å². The van der Waals surface area contributed by atoms with Crippen LogP contribution in [0.1, 0.15) is 36.0 Å². The predicted molar refractivity (Wildman–Crippen MR) is 130 cm³/mol. The van der Waals surface area contributed by atoms with Gasteiger partial charge >= 0.3 is 0 Å². The fourth-order valence-electron chi connectivity index (χ4n) is 4.84. The maximum Gasteiger partial charge on any atom is 0.119 e. The number of ether oxygens (including phenoxy) is 1. The molecule has 168 valence electrons. The smallest absolute Gasteiger partial charge is 0.119 e. The molecule has 4 rings (SSSR count). The van der Waals surface area contributed by atoms with Crippen LogP contribution in [0.15, 0.2) is 54.7 Å². The lowest BCUT2D eigenvalue weighted by Gasteiger charge is -2.35. The quantitative estimate of drug-likeness (QED) is 0.632. The third-order valence-corrected chi connectivity index (χ3v) is 6.78. The van der Waals surface area contributed by atoms with Gasteiger partial charge in [0.25, 0.3) is 0 Å². The van der Waals surface area contributed by atoms with E-state index in [1.807, 2.05) is 12.1 Å². The van der Waals surface area contributed by atoms with Crippen LogP contribution in [-0.2, 0) is 13.0 Å². The van der Waals surface area contributed by atoms with E-state index in [-0.39, 0.29) is 0 Å². The Morgan fingerprint density at radius 1 is 1.19 bits per heavy atom. The van der Waals surface area contributed by atoms with E-state index < -0.39 is 0 Å². The summed E-state index contributed by atoms with van der Waals surface area (Å²) >= 11 is 0. The standard InChI is InChI=1S/C27H34N4O/c1-21(24-5-3-15-31(20-24)26-9-6-22(18-28)7-10-26)29-13-4-14-30-16-12-23-17-27(32-2)11-8-25(23)19-30/h6-11,17,24,29H,1,3-5,12-16,19-20H2,2H3. The number of hydrogen-bond acceptors (Lipinski definition) is 5. The Morgan fingerprint density at radius 3 is 2.81 bits per heavy atom. The molecule has 2 aromatic rings. The molecule has 0 aliphatic carbocycles. The Kier molecular flexibility index (Phi) is 7.34. The van der Waals surface area contributed by atoms with Crippen LogP contribution in [0.3, 0.4) is 0 Å². The van der Waals surface area contributed by atoms with E-state index in [1.165, 1.54) is 35.4 Å². The van der Waals surface area contributed by atoms with Crippen molar-refractivity contribution in [2.24, 2.45) is 5.92 Å². The second-order valence-electron chi connectivity index (χ2n) is 8.91. The number of rotatable bonds is 8. The highest BCUT2D eigenvalue weighted by Crippen LogP contribution is 2.27. The summed E-state index contributed by atoms with van der Waals surface area (Å²) in [7, 11) is 1.73. The maximum absolute atomic E-state index is 9.01. The summed E-state index contributed by atoms with van der Waals surface area (Å²) in [6.07, 6.45) is 4.57. The molecule has 5 nitrogen and oxygen atoms in total. The minimum Gasteiger partial charge on any atom is -0.497 e. The molecular formula is C27H34N4O. The van der Waals surface area contributed by atoms with Gasteiger partial charge in [0.15, 0.2) is 0 Å². The number of nitrogens with zero attached hydrogens (tertiary/aromatic N) is 3. The van der Waals surface area contributed by atoms with Crippen molar-refractivity contribution in [2.75, 3.05) is 44.7 Å². The Labute approximate surface area is 192 Å². The van der Waals surface area contributed by atoms with Crippen LogP contribution >= 0.6 is 0 Å². The van der Waals surface area contributed by atoms with Gasteiger partial charge in [-0.15, -0.1) is 0 Å². The molecule has 0 saturated carbocycles. The lowest BCUT2D eigenvalue weighted by atomic mass is 9.94. The number of piperidine rings is 1. The molecule has 1 saturated heterocycles. The van der Waals surface area contributed by atoms with Gasteiger partial charge in [-0.25, -0.2) is 0 Å². The lowest BCUT2D eigenvalue weighted by Crippen LogP contribution is -2.39. The van der Waals surface area contributed by atoms with Gasteiger partial charge in [0.2, 0.25) is 0 Å². The van der Waals surface area contributed by atoms with Crippen LogP contribution in [0.5, 0.6) is 5.75 Å². The lowest BCUT2D eigenvalue weighted by molar-refractivity contribution is 0.250. The number of benzene rings is 2. The largest absolute Gasteiger partial charge is 0.497 e. The molecule has 32 heavy (non-hydrogen) atoms. The Balaban J connectivity index is 1.20. The van der Waals surface area contributed by atoms with Gasteiger partial charge < -0.3 is 15.0 Å². The molecule has 2 aromatic carbocycles. The first-order chi connectivity index (χ1) is 15.7. The average molecular weight is 431 g/mol. The Hall–Kier alpha value is -2.97. The van der Waals surface area contributed by atoms with Crippen LogP contribution in [-0.4, -0.2) is 44.7 Å². The molecule has 2 aliphatic rings. The van der Waals surface area contributed by atoms with Crippen molar-refractivity contribution in [3.8, 4) is 11.8 Å². The zero-order chi connectivity index (χ0) is 22.3. The molecule has 1 fully saturated rings. The van der Waals surface area contributed by atoms with Crippen molar-refractivity contribution in [2.45, 2.75) is 32.2 Å². The van der Waals surface area contributed by atoms with Crippen LogP contribution in [0.2, 0.25) is 0 Å². The minimum absolute atomic E-state index is 0.469. The highest BCUT2D eigenvalue weighted by Gasteiger charge is 2.22. The van der Waals surface area contributed by atoms with Crippen molar-refractivity contribution in [3.05, 3.63) is 71.4 Å². The number of methoxy groups -OCH3 is 1. The molecule has 1 atom stereocenters. The van der Waals surface area contributed by atoms with Crippen LogP contribution in [0.25, 0.3) is 0 Å². The second-order valence-corrected chi connectivity index (χ2v) is 8.91. The molecule has 0 bridgehead atoms. The summed E-state index contributed by atoms with van der Waals surface area (Å²) in [5.74, 6) is 1.43. The molecule has 1 N–H and O–H groups in total. The first kappa shape index (κ1) is 22.2. The normalized spacial score (nSPS) is 18.5. The van der Waals surface area contributed by atoms with Gasteiger partial charge in [0, 0.05) is 56.6 Å². The molecule has 0 aromatic heterocycles. The fraction of sp³-hybridized carbons (Fsp3) is 0.444. The van der Waals surface area contributed by atoms with Crippen molar-refractivity contribution >= 4 is 5.69 Å². The molecule has 0 spiro atoms. The molecule has 0 radical (unpaired) electrons. The summed E-state index contributed by atoms with van der Waals surface area (Å²) in [5, 5.41) is 12.6. The van der Waals surface area contributed by atoms with E-state index in [0.717, 1.165) is 57.9 Å². The fourth-order valence-corrected chi connectivity index (χ4v) is 4.84. The number of hydrogen-bond donors (Lipinski definition) is 1. The number of anilines is 1. The number of fused-ring (bicyclic) bond motifs is 1. The SMILES string of the molecule is C=C(NCCCN1CCc2cc(OC)ccc2C1)C1CCCN(c2ccc(C#N)cc2)C1. The number of nitriles is 1. The van der Waals surface area contributed by atoms with E-state index in [2.05, 4.69) is 58.1 Å². The topological polar surface area (TPSA) is 51.5 Å². The highest BCUT2D eigenvalue weighted by atomic mass is 16.5. The zero-order valence-corrected chi connectivity index (χ0v) is 19.1. The van der Waals surface area contributed by atoms with Crippen molar-refractivity contribution in [3.63, 3.8) is 0 Å². The molecule has 2 heterocycles. The molecule has 0 amide bonds. The van der Waals surface area contributed by atoms with Gasteiger partial charge in [-0.1, -0.05) is 12.6 Å². The third kappa shape index (κ3) is 5.44. The summed E-state index contributed by atoms with van der Waals surface area (Å²) in [6, 6.07) is 16.6. The van der Waals surface area contributed by atoms with E-state index in [0.29, 0.717) is 11.5 Å². The summed E-state index contributed by atoms with van der Waals surface area (Å²) in [5.41, 5.74) is 5.94. The van der Waals surface area contributed by atoms with Crippen LogP contribution in [0, 0.1) is 17.2 Å². The van der Waals surface area contributed by atoms with Crippen molar-refractivity contribution in [1.29, 1.82) is 5.26 Å². The first-order valence-corrected chi connectivity index (χ1v) is 11.7. The summed E-state index contributed by atoms with van der Waals surface area (Å²) in [6.45, 7) is 10.6. The Morgan fingerprint density at radius 2 is 2.03 bits per heavy atom. The number of nitrogens with one attached hydrogen (secondary N) is 1. The van der Waals surface area contributed by atoms with Gasteiger partial charge in [-0.3, -0.25) is 4.90 Å². The minimum atomic E-state index is 0.469. The van der Waals surface area contributed by atoms with Gasteiger partial charge in [0.05, 0.1) is 18.7 Å². The molecular weight excluding hydrogens is 396 g/mol. The molecule has 2 aliphatic heterocycles. The Bertz CT molecular complexity index is 963. The monoisotopic (exact) mass is 430 g/mol. The van der Waals surface area contributed by atoms with Crippen LogP contribution < -0.4 is 15.0 Å². The maximum atomic E-state index is 9.01. The van der Waals surface area contributed by atoms with E-state index in [9.17, 15) is 0 Å². The van der Waals surface area contributed by atoms with Gasteiger partial charge in [0.1, 0.15) is 5.75 Å². The van der Waals surface area contributed by atoms with Gasteiger partial charge in [-0.05, 0) is 73.2 Å². The average Bonchev–Trinajstić information content (AvgIpc) is 2.86. The second kappa shape index (κ2) is 10.6. The zero-order valence-electron chi connectivity index (χ0n) is 19.1. The van der Waals surface area contributed by atoms with E-state index >= 15 is 0 Å². The summed E-state index contributed by atoms with van der Waals surface area (Å²) < 4.78 is 5.36. The highest BCUT2D eigenvalue weighted by molar-refractivity contribution is 5.50. The first-order valence-electron chi connectivity index (χ1n) is 11.7. The van der Waals surface area contributed by atoms with E-state index in [4.69, 9.17) is 10.00 Å².